The van der Waals surface area contributed by atoms with Crippen molar-refractivity contribution in [2.75, 3.05) is 5.32 Å². The Morgan fingerprint density at radius 1 is 1.31 bits per heavy atom. The van der Waals surface area contributed by atoms with Crippen LogP contribution in [0.4, 0.5) is 5.69 Å². The third-order valence-electron chi connectivity index (χ3n) is 2.30. The van der Waals surface area contributed by atoms with Crippen LogP contribution in [0, 0.1) is 0 Å². The molecule has 0 aliphatic rings. The van der Waals surface area contributed by atoms with E-state index >= 15 is 0 Å². The summed E-state index contributed by atoms with van der Waals surface area (Å²) in [6.45, 7) is 6.38. The number of allylic oxidation sites excluding steroid dienone is 1. The highest BCUT2D eigenvalue weighted by Gasteiger charge is 2.01. The molecule has 70 valence electrons. The molecule has 0 amide bonds. The maximum absolute atomic E-state index is 3.42. The lowest BCUT2D eigenvalue weighted by Crippen LogP contribution is -2.15. The summed E-state index contributed by atoms with van der Waals surface area (Å²) < 4.78 is 0. The van der Waals surface area contributed by atoms with Crippen molar-refractivity contribution in [3.63, 3.8) is 0 Å². The predicted octanol–water partition coefficient (Wildman–Crippen LogP) is 3.45. The lowest BCUT2D eigenvalue weighted by Gasteiger charge is -2.15. The molecule has 1 nitrogen and oxygen atoms in total. The molecule has 0 aliphatic carbocycles. The van der Waals surface area contributed by atoms with Crippen LogP contribution in [0.15, 0.2) is 42.0 Å². The van der Waals surface area contributed by atoms with Gasteiger partial charge in [0, 0.05) is 11.7 Å². The fourth-order valence-corrected chi connectivity index (χ4v) is 1.15. The molecular weight excluding hydrogens is 158 g/mol. The van der Waals surface area contributed by atoms with E-state index in [0.29, 0.717) is 6.04 Å². The summed E-state index contributed by atoms with van der Waals surface area (Å²) in [7, 11) is 0. The van der Waals surface area contributed by atoms with Crippen LogP contribution in [0.3, 0.4) is 0 Å². The van der Waals surface area contributed by atoms with Crippen LogP contribution in [0.25, 0.3) is 0 Å². The van der Waals surface area contributed by atoms with E-state index in [2.05, 4.69) is 44.3 Å². The molecule has 0 aliphatic heterocycles. The molecule has 0 saturated heterocycles. The number of benzene rings is 1. The number of anilines is 1. The molecular formula is C12H17N. The monoisotopic (exact) mass is 175 g/mol. The molecule has 0 spiro atoms. The standard InChI is InChI=1S/C12H17N/c1-4-10(2)11(3)13-12-8-6-5-7-9-12/h4-9,11,13H,1-3H3/b10-4+. The van der Waals surface area contributed by atoms with Crippen LogP contribution in [-0.4, -0.2) is 6.04 Å². The van der Waals surface area contributed by atoms with Gasteiger partial charge in [0.25, 0.3) is 0 Å². The molecule has 0 fully saturated rings. The van der Waals surface area contributed by atoms with Gasteiger partial charge in [0.2, 0.25) is 0 Å². The van der Waals surface area contributed by atoms with Crippen molar-refractivity contribution in [2.45, 2.75) is 26.8 Å². The molecule has 0 aromatic heterocycles. The second kappa shape index (κ2) is 4.70. The van der Waals surface area contributed by atoms with Crippen LogP contribution in [0.1, 0.15) is 20.8 Å². The summed E-state index contributed by atoms with van der Waals surface area (Å²) in [5, 5.41) is 3.42. The second-order valence-electron chi connectivity index (χ2n) is 3.26. The van der Waals surface area contributed by atoms with Gasteiger partial charge in [0.15, 0.2) is 0 Å². The zero-order valence-electron chi connectivity index (χ0n) is 8.54. The third kappa shape index (κ3) is 2.94. The van der Waals surface area contributed by atoms with E-state index in [1.165, 1.54) is 11.3 Å². The minimum Gasteiger partial charge on any atom is -0.379 e. The highest BCUT2D eigenvalue weighted by atomic mass is 14.9. The van der Waals surface area contributed by atoms with Crippen molar-refractivity contribution >= 4 is 5.69 Å². The van der Waals surface area contributed by atoms with E-state index in [1.807, 2.05) is 18.2 Å². The minimum absolute atomic E-state index is 0.410. The normalized spacial score (nSPS) is 13.9. The Labute approximate surface area is 80.5 Å². The molecule has 1 N–H and O–H groups in total. The van der Waals surface area contributed by atoms with Gasteiger partial charge in [-0.2, -0.15) is 0 Å². The first kappa shape index (κ1) is 9.85. The Morgan fingerprint density at radius 2 is 1.92 bits per heavy atom. The van der Waals surface area contributed by atoms with Crippen molar-refractivity contribution in [1.82, 2.24) is 0 Å². The predicted molar refractivity (Wildman–Crippen MR) is 59.0 cm³/mol. The number of hydrogen-bond acceptors (Lipinski definition) is 1. The van der Waals surface area contributed by atoms with Crippen LogP contribution >= 0.6 is 0 Å². The molecule has 1 atom stereocenters. The Bertz CT molecular complexity index is 274. The quantitative estimate of drug-likeness (QED) is 0.694. The van der Waals surface area contributed by atoms with Crippen molar-refractivity contribution in [3.05, 3.63) is 42.0 Å². The zero-order valence-corrected chi connectivity index (χ0v) is 8.54. The van der Waals surface area contributed by atoms with Crippen LogP contribution < -0.4 is 5.32 Å². The van der Waals surface area contributed by atoms with Gasteiger partial charge in [0.05, 0.1) is 0 Å². The second-order valence-corrected chi connectivity index (χ2v) is 3.26. The Balaban J connectivity index is 2.60. The SMILES string of the molecule is C/C=C(\C)C(C)Nc1ccccc1. The topological polar surface area (TPSA) is 12.0 Å². The van der Waals surface area contributed by atoms with Crippen molar-refractivity contribution in [3.8, 4) is 0 Å². The van der Waals surface area contributed by atoms with E-state index in [0.717, 1.165) is 0 Å². The molecule has 0 heterocycles. The molecule has 13 heavy (non-hydrogen) atoms. The van der Waals surface area contributed by atoms with Gasteiger partial charge >= 0.3 is 0 Å². The highest BCUT2D eigenvalue weighted by Crippen LogP contribution is 2.10. The Hall–Kier alpha value is -1.24. The highest BCUT2D eigenvalue weighted by molar-refractivity contribution is 5.44. The lowest BCUT2D eigenvalue weighted by atomic mass is 10.1. The largest absolute Gasteiger partial charge is 0.379 e. The summed E-state index contributed by atoms with van der Waals surface area (Å²) in [5.41, 5.74) is 2.54. The van der Waals surface area contributed by atoms with Crippen LogP contribution in [0.2, 0.25) is 0 Å². The van der Waals surface area contributed by atoms with Gasteiger partial charge < -0.3 is 5.32 Å². The van der Waals surface area contributed by atoms with Crippen LogP contribution in [0.5, 0.6) is 0 Å². The smallest absolute Gasteiger partial charge is 0.0442 e. The fourth-order valence-electron chi connectivity index (χ4n) is 1.15. The first-order valence-corrected chi connectivity index (χ1v) is 4.68. The van der Waals surface area contributed by atoms with Crippen molar-refractivity contribution in [2.24, 2.45) is 0 Å². The van der Waals surface area contributed by atoms with Gasteiger partial charge in [-0.3, -0.25) is 0 Å². The summed E-state index contributed by atoms with van der Waals surface area (Å²) in [4.78, 5) is 0. The van der Waals surface area contributed by atoms with E-state index in [9.17, 15) is 0 Å². The van der Waals surface area contributed by atoms with E-state index in [4.69, 9.17) is 0 Å². The molecule has 0 saturated carbocycles. The average Bonchev–Trinajstić information content (AvgIpc) is 2.18. The first-order valence-electron chi connectivity index (χ1n) is 4.68. The van der Waals surface area contributed by atoms with E-state index < -0.39 is 0 Å². The van der Waals surface area contributed by atoms with Crippen molar-refractivity contribution in [1.29, 1.82) is 0 Å². The number of hydrogen-bond donors (Lipinski definition) is 1. The lowest BCUT2D eigenvalue weighted by molar-refractivity contribution is 0.920. The van der Waals surface area contributed by atoms with Gasteiger partial charge in [-0.25, -0.2) is 0 Å². The van der Waals surface area contributed by atoms with E-state index in [1.54, 1.807) is 0 Å². The maximum atomic E-state index is 3.42. The zero-order chi connectivity index (χ0) is 9.68. The van der Waals surface area contributed by atoms with Crippen LogP contribution in [-0.2, 0) is 0 Å². The molecule has 1 rings (SSSR count). The van der Waals surface area contributed by atoms with Gasteiger partial charge in [-0.15, -0.1) is 0 Å². The maximum Gasteiger partial charge on any atom is 0.0442 e. The summed E-state index contributed by atoms with van der Waals surface area (Å²) >= 11 is 0. The summed E-state index contributed by atoms with van der Waals surface area (Å²) in [6, 6.07) is 10.7. The third-order valence-corrected chi connectivity index (χ3v) is 2.30. The van der Waals surface area contributed by atoms with Gasteiger partial charge in [-0.05, 0) is 32.9 Å². The number of nitrogens with one attached hydrogen (secondary N) is 1. The Kier molecular flexibility index (Phi) is 3.56. The molecule has 1 aromatic rings. The summed E-state index contributed by atoms with van der Waals surface area (Å²) in [5.74, 6) is 0. The molecule has 1 unspecified atom stereocenters. The van der Waals surface area contributed by atoms with E-state index in [-0.39, 0.29) is 0 Å². The minimum atomic E-state index is 0.410. The van der Waals surface area contributed by atoms with Gasteiger partial charge in [0.1, 0.15) is 0 Å². The molecule has 0 bridgehead atoms. The van der Waals surface area contributed by atoms with Crippen molar-refractivity contribution < 1.29 is 0 Å². The fraction of sp³-hybridized carbons (Fsp3) is 0.333. The molecule has 1 aromatic carbocycles. The average molecular weight is 175 g/mol. The first-order chi connectivity index (χ1) is 6.24. The van der Waals surface area contributed by atoms with Gasteiger partial charge in [-0.1, -0.05) is 29.8 Å². The molecule has 0 radical (unpaired) electrons. The molecule has 1 heteroatoms. The number of rotatable bonds is 3. The summed E-state index contributed by atoms with van der Waals surface area (Å²) in [6.07, 6.45) is 2.14. The number of para-hydroxylation sites is 1. The Morgan fingerprint density at radius 3 is 2.46 bits per heavy atom.